The number of aliphatic hydroxyl groups excluding tert-OH is 1. The fourth-order valence-corrected chi connectivity index (χ4v) is 2.84. The molecule has 1 aromatic carbocycles. The number of fused-ring (bicyclic) bond motifs is 1. The zero-order valence-electron chi connectivity index (χ0n) is 11.3. The Morgan fingerprint density at radius 1 is 1.40 bits per heavy atom. The predicted molar refractivity (Wildman–Crippen MR) is 76.5 cm³/mol. The molecule has 0 amide bonds. The van der Waals surface area contributed by atoms with E-state index >= 15 is 0 Å². The fraction of sp³-hybridized carbons (Fsp3) is 0.500. The van der Waals surface area contributed by atoms with E-state index in [1.165, 1.54) is 0 Å². The minimum absolute atomic E-state index is 0.0600. The topological polar surface area (TPSA) is 93.3 Å². The minimum Gasteiger partial charge on any atom is -0.399 e. The van der Waals surface area contributed by atoms with Gasteiger partial charge in [0, 0.05) is 30.9 Å². The molecule has 4 N–H and O–H groups in total. The number of rotatable bonds is 3. The summed E-state index contributed by atoms with van der Waals surface area (Å²) in [5, 5.41) is 9.75. The summed E-state index contributed by atoms with van der Waals surface area (Å²) in [5.41, 5.74) is 7.46. The lowest BCUT2D eigenvalue weighted by molar-refractivity contribution is -0.0251. The van der Waals surface area contributed by atoms with Gasteiger partial charge in [0.05, 0.1) is 17.6 Å². The van der Waals surface area contributed by atoms with E-state index in [0.717, 1.165) is 23.9 Å². The number of aromatic nitrogens is 2. The average Bonchev–Trinajstić information content (AvgIpc) is 2.75. The van der Waals surface area contributed by atoms with Crippen LogP contribution in [0, 0.1) is 5.41 Å². The highest BCUT2D eigenvalue weighted by Gasteiger charge is 2.33. The molecule has 2 heterocycles. The predicted octanol–water partition coefficient (Wildman–Crippen LogP) is 0.701. The first-order chi connectivity index (χ1) is 9.63. The van der Waals surface area contributed by atoms with Gasteiger partial charge in [-0.15, -0.1) is 0 Å². The molecule has 1 aromatic heterocycles. The molecule has 0 saturated carbocycles. The second kappa shape index (κ2) is 4.96. The van der Waals surface area contributed by atoms with E-state index in [0.29, 0.717) is 25.4 Å². The number of nitrogen functional groups attached to an aromatic ring is 1. The Kier molecular flexibility index (Phi) is 3.27. The van der Waals surface area contributed by atoms with Crippen LogP contribution in [0.15, 0.2) is 23.0 Å². The maximum atomic E-state index is 12.1. The molecule has 0 aliphatic carbocycles. The number of anilines is 1. The number of nitrogens with zero attached hydrogens (tertiary/aromatic N) is 1. The number of benzene rings is 1. The highest BCUT2D eigenvalue weighted by atomic mass is 16.5. The molecule has 1 fully saturated rings. The lowest BCUT2D eigenvalue weighted by Gasteiger charge is -2.35. The highest BCUT2D eigenvalue weighted by molar-refractivity contribution is 5.78. The molecule has 0 unspecified atom stereocenters. The number of aliphatic hydroxyl groups is 1. The van der Waals surface area contributed by atoms with Gasteiger partial charge in [-0.3, -0.25) is 4.57 Å². The average molecular weight is 277 g/mol. The molecule has 1 aliphatic rings. The second-order valence-electron chi connectivity index (χ2n) is 5.56. The van der Waals surface area contributed by atoms with E-state index in [-0.39, 0.29) is 17.7 Å². The molecular weight excluding hydrogens is 258 g/mol. The molecule has 6 heteroatoms. The van der Waals surface area contributed by atoms with Crippen LogP contribution in [0.1, 0.15) is 12.8 Å². The standard InChI is InChI=1S/C14H19N3O3/c15-10-1-2-12-11(7-10)16-13(19)17(12)8-14(9-18)3-5-20-6-4-14/h1-2,7,18H,3-6,8-9,15H2,(H,16,19). The van der Waals surface area contributed by atoms with Gasteiger partial charge in [-0.2, -0.15) is 0 Å². The van der Waals surface area contributed by atoms with Crippen LogP contribution in [0.5, 0.6) is 0 Å². The second-order valence-corrected chi connectivity index (χ2v) is 5.56. The summed E-state index contributed by atoms with van der Waals surface area (Å²) in [6.07, 6.45) is 1.52. The largest absolute Gasteiger partial charge is 0.399 e. The summed E-state index contributed by atoms with van der Waals surface area (Å²) < 4.78 is 7.05. The number of ether oxygens (including phenoxy) is 1. The first kappa shape index (κ1) is 13.2. The van der Waals surface area contributed by atoms with Gasteiger partial charge < -0.3 is 20.6 Å². The Morgan fingerprint density at radius 2 is 2.15 bits per heavy atom. The number of nitrogens with one attached hydrogen (secondary N) is 1. The Bertz CT molecular complexity index is 668. The molecule has 0 atom stereocenters. The summed E-state index contributed by atoms with van der Waals surface area (Å²) in [5.74, 6) is 0. The van der Waals surface area contributed by atoms with E-state index in [1.807, 2.05) is 6.07 Å². The molecule has 0 bridgehead atoms. The number of imidazole rings is 1. The minimum atomic E-state index is -0.279. The van der Waals surface area contributed by atoms with E-state index in [9.17, 15) is 9.90 Å². The zero-order valence-corrected chi connectivity index (χ0v) is 11.3. The molecular formula is C14H19N3O3. The fourth-order valence-electron chi connectivity index (χ4n) is 2.84. The molecule has 1 saturated heterocycles. The Labute approximate surface area is 116 Å². The third-order valence-electron chi connectivity index (χ3n) is 4.18. The van der Waals surface area contributed by atoms with Crippen molar-refractivity contribution in [3.63, 3.8) is 0 Å². The number of hydrogen-bond donors (Lipinski definition) is 3. The quantitative estimate of drug-likeness (QED) is 0.720. The first-order valence-electron chi connectivity index (χ1n) is 6.80. The Balaban J connectivity index is 2.01. The zero-order chi connectivity index (χ0) is 14.2. The van der Waals surface area contributed by atoms with Crippen LogP contribution in [0.4, 0.5) is 5.69 Å². The molecule has 20 heavy (non-hydrogen) atoms. The smallest absolute Gasteiger partial charge is 0.326 e. The van der Waals surface area contributed by atoms with Gasteiger partial charge in [0.2, 0.25) is 0 Å². The van der Waals surface area contributed by atoms with Crippen molar-refractivity contribution in [1.29, 1.82) is 0 Å². The molecule has 1 aliphatic heterocycles. The normalized spacial score (nSPS) is 18.4. The van der Waals surface area contributed by atoms with Crippen molar-refractivity contribution in [1.82, 2.24) is 9.55 Å². The summed E-state index contributed by atoms with van der Waals surface area (Å²) >= 11 is 0. The van der Waals surface area contributed by atoms with Crippen molar-refractivity contribution in [3.8, 4) is 0 Å². The number of nitrogens with two attached hydrogens (primary N) is 1. The molecule has 108 valence electrons. The maximum Gasteiger partial charge on any atom is 0.326 e. The van der Waals surface area contributed by atoms with Crippen molar-refractivity contribution in [2.24, 2.45) is 5.41 Å². The number of H-pyrrole nitrogens is 1. The third-order valence-corrected chi connectivity index (χ3v) is 4.18. The van der Waals surface area contributed by atoms with Gasteiger partial charge in [0.15, 0.2) is 0 Å². The number of aromatic amines is 1. The van der Waals surface area contributed by atoms with Gasteiger partial charge >= 0.3 is 5.69 Å². The van der Waals surface area contributed by atoms with Crippen molar-refractivity contribution in [3.05, 3.63) is 28.7 Å². The van der Waals surface area contributed by atoms with Crippen LogP contribution >= 0.6 is 0 Å². The van der Waals surface area contributed by atoms with E-state index in [1.54, 1.807) is 16.7 Å². The molecule has 0 radical (unpaired) electrons. The van der Waals surface area contributed by atoms with Gasteiger partial charge in [-0.05, 0) is 31.0 Å². The van der Waals surface area contributed by atoms with Gasteiger partial charge in [-0.1, -0.05) is 0 Å². The molecule has 6 nitrogen and oxygen atoms in total. The molecule has 0 spiro atoms. The van der Waals surface area contributed by atoms with Crippen molar-refractivity contribution < 1.29 is 9.84 Å². The first-order valence-corrected chi connectivity index (χ1v) is 6.80. The summed E-state index contributed by atoms with van der Waals surface area (Å²) in [7, 11) is 0. The van der Waals surface area contributed by atoms with Gasteiger partial charge in [-0.25, -0.2) is 4.79 Å². The molecule has 3 rings (SSSR count). The van der Waals surface area contributed by atoms with Crippen molar-refractivity contribution in [2.75, 3.05) is 25.6 Å². The summed E-state index contributed by atoms with van der Waals surface area (Å²) in [4.78, 5) is 14.9. The maximum absolute atomic E-state index is 12.1. The van der Waals surface area contributed by atoms with Crippen LogP contribution in [0.2, 0.25) is 0 Å². The van der Waals surface area contributed by atoms with Crippen LogP contribution in [-0.4, -0.2) is 34.5 Å². The van der Waals surface area contributed by atoms with Crippen LogP contribution in [0.25, 0.3) is 11.0 Å². The Morgan fingerprint density at radius 3 is 2.85 bits per heavy atom. The highest BCUT2D eigenvalue weighted by Crippen LogP contribution is 2.32. The van der Waals surface area contributed by atoms with Crippen molar-refractivity contribution >= 4 is 16.7 Å². The third kappa shape index (κ3) is 2.21. The van der Waals surface area contributed by atoms with Crippen molar-refractivity contribution in [2.45, 2.75) is 19.4 Å². The number of hydrogen-bond acceptors (Lipinski definition) is 4. The van der Waals surface area contributed by atoms with Crippen LogP contribution in [0.3, 0.4) is 0 Å². The Hall–Kier alpha value is -1.79. The summed E-state index contributed by atoms with van der Waals surface area (Å²) in [6, 6.07) is 5.37. The summed E-state index contributed by atoms with van der Waals surface area (Å²) in [6.45, 7) is 1.81. The van der Waals surface area contributed by atoms with Crippen LogP contribution in [-0.2, 0) is 11.3 Å². The van der Waals surface area contributed by atoms with Gasteiger partial charge in [0.25, 0.3) is 0 Å². The monoisotopic (exact) mass is 277 g/mol. The van der Waals surface area contributed by atoms with E-state index in [4.69, 9.17) is 10.5 Å². The lowest BCUT2D eigenvalue weighted by atomic mass is 9.81. The lowest BCUT2D eigenvalue weighted by Crippen LogP contribution is -2.39. The molecule has 2 aromatic rings. The van der Waals surface area contributed by atoms with E-state index < -0.39 is 0 Å². The SMILES string of the molecule is Nc1ccc2c(c1)[nH]c(=O)n2CC1(CO)CCOCC1. The van der Waals surface area contributed by atoms with Crippen LogP contribution < -0.4 is 11.4 Å². The van der Waals surface area contributed by atoms with Gasteiger partial charge in [0.1, 0.15) is 0 Å². The van der Waals surface area contributed by atoms with E-state index in [2.05, 4.69) is 4.98 Å².